The number of rotatable bonds is 2. The lowest BCUT2D eigenvalue weighted by Crippen LogP contribution is -2.26. The number of hydrogen-bond donors (Lipinski definition) is 0. The van der Waals surface area contributed by atoms with Gasteiger partial charge in [0.15, 0.2) is 5.30 Å². The molecule has 0 nitrogen and oxygen atoms in total. The second-order valence-corrected chi connectivity index (χ2v) is 12.6. The van der Waals surface area contributed by atoms with Gasteiger partial charge in [0.25, 0.3) is 0 Å². The van der Waals surface area contributed by atoms with Crippen molar-refractivity contribution in [2.75, 3.05) is 0 Å². The van der Waals surface area contributed by atoms with Crippen LogP contribution in [0.25, 0.3) is 0 Å². The van der Waals surface area contributed by atoms with Gasteiger partial charge in [-0.1, -0.05) is 40.0 Å². The van der Waals surface area contributed by atoms with Gasteiger partial charge in [0.2, 0.25) is 0 Å². The molecule has 3 rings (SSSR count). The molecule has 0 N–H and O–H groups in total. The molecule has 0 radical (unpaired) electrons. The second kappa shape index (κ2) is 5.90. The zero-order valence-electron chi connectivity index (χ0n) is 13.3. The van der Waals surface area contributed by atoms with Gasteiger partial charge in [-0.05, 0) is 50.5 Å². The molecule has 0 aromatic heterocycles. The average molecular weight is 305 g/mol. The summed E-state index contributed by atoms with van der Waals surface area (Å²) < 4.78 is 0. The van der Waals surface area contributed by atoms with Crippen LogP contribution in [0.3, 0.4) is 0 Å². The number of benzene rings is 1. The van der Waals surface area contributed by atoms with Crippen molar-refractivity contribution in [3.63, 3.8) is 0 Å². The third-order valence-corrected chi connectivity index (χ3v) is 11.8. The van der Waals surface area contributed by atoms with E-state index in [0.29, 0.717) is 0 Å². The Morgan fingerprint density at radius 3 is 2.25 bits per heavy atom. The summed E-state index contributed by atoms with van der Waals surface area (Å²) in [6, 6.07) is 9.50. The molecule has 0 spiro atoms. The van der Waals surface area contributed by atoms with Crippen molar-refractivity contribution < 1.29 is 0 Å². The van der Waals surface area contributed by atoms with E-state index in [9.17, 15) is 0 Å². The van der Waals surface area contributed by atoms with Crippen LogP contribution in [0.15, 0.2) is 24.3 Å². The van der Waals surface area contributed by atoms with Crippen LogP contribution in [-0.2, 0) is 0 Å². The minimum atomic E-state index is -0.00479. The predicted molar refractivity (Wildman–Crippen MR) is 97.1 cm³/mol. The Morgan fingerprint density at radius 1 is 1.00 bits per heavy atom. The highest BCUT2D eigenvalue weighted by Gasteiger charge is 2.39. The van der Waals surface area contributed by atoms with Crippen LogP contribution in [0, 0.1) is 0 Å². The Morgan fingerprint density at radius 2 is 1.65 bits per heavy atom. The molecular formula is C18H27P2+. The molecule has 1 aromatic rings. The van der Waals surface area contributed by atoms with Crippen LogP contribution in [0.1, 0.15) is 53.4 Å². The van der Waals surface area contributed by atoms with Crippen molar-refractivity contribution in [2.24, 2.45) is 0 Å². The summed E-state index contributed by atoms with van der Waals surface area (Å²) in [5.41, 5.74) is 2.75. The van der Waals surface area contributed by atoms with Gasteiger partial charge in [-0.3, -0.25) is 0 Å². The Bertz CT molecular complexity index is 522. The summed E-state index contributed by atoms with van der Waals surface area (Å²) in [5, 5.41) is 5.30. The average Bonchev–Trinajstić information content (AvgIpc) is 2.93. The lowest BCUT2D eigenvalue weighted by atomic mass is 10.2. The van der Waals surface area contributed by atoms with Crippen LogP contribution >= 0.6 is 15.5 Å². The molecule has 20 heavy (non-hydrogen) atoms. The molecule has 4 unspecified atom stereocenters. The topological polar surface area (TPSA) is 0 Å². The van der Waals surface area contributed by atoms with E-state index in [1.807, 2.05) is 0 Å². The van der Waals surface area contributed by atoms with Gasteiger partial charge in [-0.15, -0.1) is 0 Å². The zero-order valence-corrected chi connectivity index (χ0v) is 15.1. The SMILES string of the molecule is CC1=[P+](c2ccccc2P2C(C)CCC2C)C(C)CC1. The highest BCUT2D eigenvalue weighted by atomic mass is 31.1. The van der Waals surface area contributed by atoms with Crippen molar-refractivity contribution >= 4 is 31.4 Å². The summed E-state index contributed by atoms with van der Waals surface area (Å²) in [4.78, 5) is 0. The summed E-state index contributed by atoms with van der Waals surface area (Å²) in [6.45, 7) is 9.89. The molecule has 0 aliphatic carbocycles. The third kappa shape index (κ3) is 2.51. The van der Waals surface area contributed by atoms with E-state index in [1.165, 1.54) is 25.7 Å². The van der Waals surface area contributed by atoms with Crippen LogP contribution in [0.4, 0.5) is 0 Å². The third-order valence-electron chi connectivity index (χ3n) is 5.15. The fourth-order valence-electron chi connectivity index (χ4n) is 4.04. The van der Waals surface area contributed by atoms with Crippen molar-refractivity contribution in [1.82, 2.24) is 0 Å². The monoisotopic (exact) mass is 305 g/mol. The van der Waals surface area contributed by atoms with Crippen LogP contribution in [0.5, 0.6) is 0 Å². The van der Waals surface area contributed by atoms with Gasteiger partial charge in [-0.25, -0.2) is 0 Å². The molecule has 108 valence electrons. The van der Waals surface area contributed by atoms with Gasteiger partial charge in [0.1, 0.15) is 18.5 Å². The van der Waals surface area contributed by atoms with Gasteiger partial charge in [-0.2, -0.15) is 0 Å². The van der Waals surface area contributed by atoms with Crippen molar-refractivity contribution in [2.45, 2.75) is 70.4 Å². The first-order valence-corrected chi connectivity index (χ1v) is 11.0. The first kappa shape index (κ1) is 14.7. The molecule has 1 aromatic carbocycles. The Labute approximate surface area is 126 Å². The Balaban J connectivity index is 2.07. The Hall–Kier alpha value is -0.180. The minimum Gasteiger partial charge on any atom is -0.0647 e. The smallest absolute Gasteiger partial charge is 0.0647 e. The maximum atomic E-state index is 2.49. The first-order valence-electron chi connectivity index (χ1n) is 8.08. The summed E-state index contributed by atoms with van der Waals surface area (Å²) >= 11 is 0. The van der Waals surface area contributed by atoms with Crippen LogP contribution < -0.4 is 10.6 Å². The molecule has 4 atom stereocenters. The largest absolute Gasteiger partial charge is 0.156 e. The second-order valence-electron chi connectivity index (χ2n) is 6.66. The standard InChI is InChI=1S/C18H27P2/c1-13-9-10-14(2)19(13)17-7-5-6-8-18(17)20-15(3)11-12-16(20)4/h5-8,13-15H,9-12H2,1-4H3/q+1. The highest BCUT2D eigenvalue weighted by Crippen LogP contribution is 2.55. The van der Waals surface area contributed by atoms with Crippen molar-refractivity contribution in [3.8, 4) is 0 Å². The maximum absolute atomic E-state index is 2.49. The molecule has 2 aliphatic heterocycles. The van der Waals surface area contributed by atoms with E-state index in [2.05, 4.69) is 52.0 Å². The maximum Gasteiger partial charge on any atom is 0.156 e. The van der Waals surface area contributed by atoms with Crippen LogP contribution in [0.2, 0.25) is 0 Å². The van der Waals surface area contributed by atoms with Gasteiger partial charge >= 0.3 is 0 Å². The van der Waals surface area contributed by atoms with E-state index in [4.69, 9.17) is 0 Å². The molecule has 2 heteroatoms. The minimum absolute atomic E-state index is 0.00479. The zero-order chi connectivity index (χ0) is 14.3. The lowest BCUT2D eigenvalue weighted by molar-refractivity contribution is 0.777. The molecule has 0 amide bonds. The van der Waals surface area contributed by atoms with E-state index < -0.39 is 0 Å². The van der Waals surface area contributed by atoms with Gasteiger partial charge in [0.05, 0.1) is 0 Å². The Kier molecular flexibility index (Phi) is 4.35. The molecule has 1 saturated heterocycles. The van der Waals surface area contributed by atoms with Crippen LogP contribution in [-0.4, -0.2) is 22.3 Å². The lowest BCUT2D eigenvalue weighted by Gasteiger charge is -2.22. The normalized spacial score (nSPS) is 35.8. The molecule has 2 aliphatic rings. The van der Waals surface area contributed by atoms with E-state index in [-0.39, 0.29) is 15.5 Å². The fraction of sp³-hybridized carbons (Fsp3) is 0.611. The molecule has 2 heterocycles. The number of hydrogen-bond acceptors (Lipinski definition) is 0. The predicted octanol–water partition coefficient (Wildman–Crippen LogP) is 4.85. The van der Waals surface area contributed by atoms with Crippen molar-refractivity contribution in [3.05, 3.63) is 24.3 Å². The molecule has 0 saturated carbocycles. The van der Waals surface area contributed by atoms with E-state index >= 15 is 0 Å². The molecular weight excluding hydrogens is 278 g/mol. The first-order chi connectivity index (χ1) is 9.59. The quantitative estimate of drug-likeness (QED) is 0.685. The molecule has 0 bridgehead atoms. The summed E-state index contributed by atoms with van der Waals surface area (Å²) in [5.74, 6) is 0. The van der Waals surface area contributed by atoms with Gasteiger partial charge < -0.3 is 0 Å². The van der Waals surface area contributed by atoms with Crippen molar-refractivity contribution in [1.29, 1.82) is 0 Å². The fourth-order valence-corrected chi connectivity index (χ4v) is 10.9. The van der Waals surface area contributed by atoms with Gasteiger partial charge in [0, 0.05) is 11.7 Å². The molecule has 1 fully saturated rings. The highest BCUT2D eigenvalue weighted by molar-refractivity contribution is 7.73. The van der Waals surface area contributed by atoms with E-state index in [1.54, 1.807) is 15.9 Å². The summed E-state index contributed by atoms with van der Waals surface area (Å²) in [6.07, 6.45) is 5.66. The summed E-state index contributed by atoms with van der Waals surface area (Å²) in [7, 11) is 0.0604. The van der Waals surface area contributed by atoms with E-state index in [0.717, 1.165) is 17.0 Å².